The summed E-state index contributed by atoms with van der Waals surface area (Å²) in [4.78, 5) is 13.0. The fourth-order valence-electron chi connectivity index (χ4n) is 4.70. The van der Waals surface area contributed by atoms with E-state index in [1.807, 2.05) is 36.4 Å². The third-order valence-electron chi connectivity index (χ3n) is 5.50. The number of allylic oxidation sites excluding steroid dienone is 1. The van der Waals surface area contributed by atoms with Crippen LogP contribution in [0, 0.1) is 0 Å². The Bertz CT molecular complexity index is 892. The molecule has 0 aromatic heterocycles. The Morgan fingerprint density at radius 2 is 1.80 bits per heavy atom. The van der Waals surface area contributed by atoms with E-state index in [2.05, 4.69) is 50.6 Å². The quantitative estimate of drug-likeness (QED) is 0.657. The molecule has 1 amide bonds. The summed E-state index contributed by atoms with van der Waals surface area (Å²) in [5.41, 5.74) is 1.51. The number of carbonyl (C=O) groups excluding carboxylic acids is 1. The maximum atomic E-state index is 13.0. The van der Waals surface area contributed by atoms with Gasteiger partial charge in [0.25, 0.3) is 0 Å². The number of fused-ring (bicyclic) bond motifs is 2. The molecule has 0 saturated carbocycles. The van der Waals surface area contributed by atoms with Crippen LogP contribution in [0.2, 0.25) is 0 Å². The summed E-state index contributed by atoms with van der Waals surface area (Å²) in [6.45, 7) is 7.15. The van der Waals surface area contributed by atoms with Crippen LogP contribution < -0.4 is 15.7 Å². The summed E-state index contributed by atoms with van der Waals surface area (Å²) in [5.74, 6) is -0.0407. The van der Waals surface area contributed by atoms with Crippen molar-refractivity contribution >= 4 is 23.5 Å². The molecule has 2 aliphatic rings. The number of rotatable bonds is 2. The Morgan fingerprint density at radius 3 is 2.48 bits per heavy atom. The van der Waals surface area contributed by atoms with Gasteiger partial charge in [-0.2, -0.15) is 0 Å². The Morgan fingerprint density at radius 1 is 1.16 bits per heavy atom. The van der Waals surface area contributed by atoms with Gasteiger partial charge in [0.1, 0.15) is 0 Å². The predicted molar refractivity (Wildman–Crippen MR) is 105 cm³/mol. The molecule has 1 saturated heterocycles. The van der Waals surface area contributed by atoms with Crippen LogP contribution in [-0.4, -0.2) is 17.2 Å². The summed E-state index contributed by atoms with van der Waals surface area (Å²) < 4.78 is 6.98. The number of nitrogens with one attached hydrogen (secondary N) is 1. The van der Waals surface area contributed by atoms with Gasteiger partial charge in [-0.1, -0.05) is 0 Å². The summed E-state index contributed by atoms with van der Waals surface area (Å²) in [7, 11) is 0. The molecule has 25 heavy (non-hydrogen) atoms. The van der Waals surface area contributed by atoms with E-state index in [0.29, 0.717) is 0 Å². The van der Waals surface area contributed by atoms with Crippen LogP contribution in [0.3, 0.4) is 0 Å². The van der Waals surface area contributed by atoms with Crippen LogP contribution in [0.1, 0.15) is 37.6 Å². The van der Waals surface area contributed by atoms with Gasteiger partial charge in [-0.15, -0.1) is 0 Å². The van der Waals surface area contributed by atoms with Crippen LogP contribution in [-0.2, 0) is 4.52 Å². The molecule has 1 fully saturated rings. The molecule has 1 spiro atoms. The summed E-state index contributed by atoms with van der Waals surface area (Å²) in [6, 6.07) is 18.1. The molecule has 2 heterocycles. The first-order valence-corrected chi connectivity index (χ1v) is 10.9. The number of benzene rings is 2. The number of hydrogen-bond acceptors (Lipinski definition) is 2. The first kappa shape index (κ1) is 16.5. The molecule has 2 aromatic carbocycles. The predicted octanol–water partition coefficient (Wildman–Crippen LogP) is 3.91. The number of amides is 1. The molecule has 0 radical (unpaired) electrons. The molecule has 4 heteroatoms. The van der Waals surface area contributed by atoms with Gasteiger partial charge in [-0.3, -0.25) is 0 Å². The first-order valence-electron chi connectivity index (χ1n) is 8.66. The molecule has 0 bridgehead atoms. The van der Waals surface area contributed by atoms with Gasteiger partial charge >= 0.3 is 149 Å². The fraction of sp³-hybridized carbons (Fsp3) is 0.286. The number of hydrogen-bond donors (Lipinski definition) is 1. The van der Waals surface area contributed by atoms with Crippen molar-refractivity contribution in [3.63, 3.8) is 0 Å². The second-order valence-electron chi connectivity index (χ2n) is 7.81. The molecule has 0 unspecified atom stereocenters. The fourth-order valence-corrected chi connectivity index (χ4v) is 11.5. The number of carbonyl (C=O) groups is 1. The maximum absolute atomic E-state index is 13.0. The van der Waals surface area contributed by atoms with Crippen molar-refractivity contribution in [3.8, 4) is 0 Å². The van der Waals surface area contributed by atoms with Gasteiger partial charge in [0, 0.05) is 0 Å². The van der Waals surface area contributed by atoms with Gasteiger partial charge < -0.3 is 0 Å². The summed E-state index contributed by atoms with van der Waals surface area (Å²) >= 11 is 0. The van der Waals surface area contributed by atoms with Crippen LogP contribution in [0.5, 0.6) is 0 Å². The van der Waals surface area contributed by atoms with E-state index in [0.717, 1.165) is 28.2 Å². The van der Waals surface area contributed by atoms with E-state index >= 15 is 0 Å². The van der Waals surface area contributed by atoms with Crippen molar-refractivity contribution < 1.29 is 9.32 Å². The molecule has 2 aliphatic heterocycles. The van der Waals surface area contributed by atoms with Crippen molar-refractivity contribution in [2.24, 2.45) is 0 Å². The SMILES string of the molecule is C=C(C)[C@@H]1CC(C)(C)OP12(c1ccccc1)NC(=O)c1ccccc12. The van der Waals surface area contributed by atoms with E-state index in [-0.39, 0.29) is 17.2 Å². The minimum atomic E-state index is -3.42. The topological polar surface area (TPSA) is 38.3 Å². The molecule has 0 aliphatic carbocycles. The van der Waals surface area contributed by atoms with Crippen molar-refractivity contribution in [1.82, 2.24) is 5.09 Å². The van der Waals surface area contributed by atoms with E-state index in [9.17, 15) is 4.79 Å². The van der Waals surface area contributed by atoms with E-state index < -0.39 is 6.98 Å². The molecule has 130 valence electrons. The Labute approximate surface area is 149 Å². The molecular formula is C21H24NO2P. The Balaban J connectivity index is 2.17. The summed E-state index contributed by atoms with van der Waals surface area (Å²) in [6.07, 6.45) is 0.837. The molecule has 1 N–H and O–H groups in total. The van der Waals surface area contributed by atoms with Gasteiger partial charge in [-0.25, -0.2) is 0 Å². The zero-order valence-electron chi connectivity index (χ0n) is 15.0. The Hall–Kier alpha value is -1.96. The normalized spacial score (nSPS) is 26.4. The van der Waals surface area contributed by atoms with Crippen LogP contribution in [0.15, 0.2) is 66.7 Å². The van der Waals surface area contributed by atoms with Gasteiger partial charge in [0.2, 0.25) is 0 Å². The van der Waals surface area contributed by atoms with Gasteiger partial charge in [0.15, 0.2) is 0 Å². The average Bonchev–Trinajstić information content (AvgIpc) is 3.00. The molecule has 3 nitrogen and oxygen atoms in total. The Kier molecular flexibility index (Phi) is 3.32. The van der Waals surface area contributed by atoms with E-state index in [1.54, 1.807) is 0 Å². The standard InChI is InChI=1S/C21H24NO2P/c1-15(2)19-14-21(3,4)24-25(19,16-10-6-5-7-11-16)18-13-9-8-12-17(18)20(23)22-25/h5-13,19H,1,14H2,2-4H3,(H,22,23)/t19-/m0/s1. The molecule has 2 aromatic rings. The molecule has 4 rings (SSSR count). The zero-order chi connectivity index (χ0) is 17.9. The zero-order valence-corrected chi connectivity index (χ0v) is 15.8. The second-order valence-corrected chi connectivity index (χ2v) is 12.0. The molecular weight excluding hydrogens is 329 g/mol. The van der Waals surface area contributed by atoms with Gasteiger partial charge in [0.05, 0.1) is 0 Å². The van der Waals surface area contributed by atoms with Crippen LogP contribution in [0.4, 0.5) is 0 Å². The van der Waals surface area contributed by atoms with Crippen molar-refractivity contribution in [2.75, 3.05) is 0 Å². The molecule has 1 atom stereocenters. The van der Waals surface area contributed by atoms with E-state index in [4.69, 9.17) is 4.52 Å². The van der Waals surface area contributed by atoms with Crippen LogP contribution >= 0.6 is 6.98 Å². The third-order valence-corrected chi connectivity index (χ3v) is 11.5. The average molecular weight is 353 g/mol. The van der Waals surface area contributed by atoms with Gasteiger partial charge in [-0.05, 0) is 0 Å². The van der Waals surface area contributed by atoms with Crippen LogP contribution in [0.25, 0.3) is 0 Å². The summed E-state index contributed by atoms with van der Waals surface area (Å²) in [5, 5.41) is 5.51. The minimum absolute atomic E-state index is 0.0407. The van der Waals surface area contributed by atoms with Crippen molar-refractivity contribution in [3.05, 3.63) is 72.3 Å². The van der Waals surface area contributed by atoms with Crippen molar-refractivity contribution in [1.29, 1.82) is 0 Å². The van der Waals surface area contributed by atoms with E-state index in [1.165, 1.54) is 0 Å². The first-order chi connectivity index (χ1) is 11.8. The van der Waals surface area contributed by atoms with Crippen molar-refractivity contribution in [2.45, 2.75) is 38.5 Å². The monoisotopic (exact) mass is 353 g/mol. The third kappa shape index (κ3) is 1.97. The second kappa shape index (κ2) is 5.03.